The standard InChI is InChI=1S/C13H19Cl2NO/c1-2-10(6-7-17)8-16-9-11-4-3-5-12(14)13(11)15/h3-5,10,16-17H,2,6-9H2,1H3. The van der Waals surface area contributed by atoms with Crippen molar-refractivity contribution in [2.45, 2.75) is 26.3 Å². The van der Waals surface area contributed by atoms with Gasteiger partial charge in [-0.25, -0.2) is 0 Å². The van der Waals surface area contributed by atoms with E-state index in [0.29, 0.717) is 22.5 Å². The van der Waals surface area contributed by atoms with Crippen LogP contribution in [0.3, 0.4) is 0 Å². The fraction of sp³-hybridized carbons (Fsp3) is 0.538. The van der Waals surface area contributed by atoms with Crippen LogP contribution in [0.4, 0.5) is 0 Å². The zero-order chi connectivity index (χ0) is 12.7. The maximum absolute atomic E-state index is 8.90. The molecule has 0 spiro atoms. The lowest BCUT2D eigenvalue weighted by Gasteiger charge is -2.15. The van der Waals surface area contributed by atoms with Crippen molar-refractivity contribution in [1.82, 2.24) is 5.32 Å². The van der Waals surface area contributed by atoms with Gasteiger partial charge in [0, 0.05) is 13.2 Å². The summed E-state index contributed by atoms with van der Waals surface area (Å²) >= 11 is 12.0. The number of hydrogen-bond donors (Lipinski definition) is 2. The van der Waals surface area contributed by atoms with Gasteiger partial charge in [-0.05, 0) is 30.5 Å². The Morgan fingerprint density at radius 2 is 2.12 bits per heavy atom. The van der Waals surface area contributed by atoms with Gasteiger partial charge in [-0.15, -0.1) is 0 Å². The minimum atomic E-state index is 0.248. The van der Waals surface area contributed by atoms with Crippen molar-refractivity contribution in [2.75, 3.05) is 13.2 Å². The van der Waals surface area contributed by atoms with Crippen molar-refractivity contribution >= 4 is 23.2 Å². The molecule has 2 nitrogen and oxygen atoms in total. The Hall–Kier alpha value is -0.280. The maximum Gasteiger partial charge on any atom is 0.0637 e. The summed E-state index contributed by atoms with van der Waals surface area (Å²) in [6.07, 6.45) is 1.91. The number of benzene rings is 1. The molecule has 0 saturated carbocycles. The Morgan fingerprint density at radius 1 is 1.35 bits per heavy atom. The summed E-state index contributed by atoms with van der Waals surface area (Å²) in [5, 5.41) is 13.5. The number of rotatable bonds is 7. The molecular formula is C13H19Cl2NO. The first-order valence-corrected chi connectivity index (χ1v) is 6.69. The molecule has 0 aliphatic rings. The first-order valence-electron chi connectivity index (χ1n) is 5.93. The van der Waals surface area contributed by atoms with E-state index in [0.717, 1.165) is 24.9 Å². The SMILES string of the molecule is CCC(CCO)CNCc1cccc(Cl)c1Cl. The Labute approximate surface area is 113 Å². The molecule has 0 heterocycles. The van der Waals surface area contributed by atoms with E-state index in [9.17, 15) is 0 Å². The normalized spacial score (nSPS) is 12.7. The maximum atomic E-state index is 8.90. The molecule has 0 radical (unpaired) electrons. The summed E-state index contributed by atoms with van der Waals surface area (Å²) in [7, 11) is 0. The van der Waals surface area contributed by atoms with Crippen LogP contribution in [0.2, 0.25) is 10.0 Å². The van der Waals surface area contributed by atoms with Crippen LogP contribution in [0.5, 0.6) is 0 Å². The number of hydrogen-bond acceptors (Lipinski definition) is 2. The highest BCUT2D eigenvalue weighted by Crippen LogP contribution is 2.25. The minimum absolute atomic E-state index is 0.248. The van der Waals surface area contributed by atoms with Crippen LogP contribution < -0.4 is 5.32 Å². The zero-order valence-corrected chi connectivity index (χ0v) is 11.6. The van der Waals surface area contributed by atoms with Crippen LogP contribution in [0, 0.1) is 5.92 Å². The predicted octanol–water partition coefficient (Wildman–Crippen LogP) is 3.49. The fourth-order valence-electron chi connectivity index (χ4n) is 1.73. The van der Waals surface area contributed by atoms with Gasteiger partial charge in [0.2, 0.25) is 0 Å². The van der Waals surface area contributed by atoms with Crippen molar-refractivity contribution in [2.24, 2.45) is 5.92 Å². The Balaban J connectivity index is 2.42. The molecule has 2 N–H and O–H groups in total. The molecule has 0 aliphatic carbocycles. The summed E-state index contributed by atoms with van der Waals surface area (Å²) in [6, 6.07) is 5.65. The lowest BCUT2D eigenvalue weighted by Crippen LogP contribution is -2.23. The van der Waals surface area contributed by atoms with E-state index >= 15 is 0 Å². The second kappa shape index (κ2) is 7.93. The van der Waals surface area contributed by atoms with Gasteiger partial charge in [-0.1, -0.05) is 48.7 Å². The van der Waals surface area contributed by atoms with E-state index in [2.05, 4.69) is 12.2 Å². The molecule has 1 unspecified atom stereocenters. The monoisotopic (exact) mass is 275 g/mol. The van der Waals surface area contributed by atoms with E-state index in [4.69, 9.17) is 28.3 Å². The van der Waals surface area contributed by atoms with Gasteiger partial charge in [0.25, 0.3) is 0 Å². The van der Waals surface area contributed by atoms with E-state index < -0.39 is 0 Å². The second-order valence-corrected chi connectivity index (χ2v) is 4.92. The van der Waals surface area contributed by atoms with Gasteiger partial charge >= 0.3 is 0 Å². The first kappa shape index (κ1) is 14.8. The molecular weight excluding hydrogens is 257 g/mol. The lowest BCUT2D eigenvalue weighted by molar-refractivity contribution is 0.251. The van der Waals surface area contributed by atoms with E-state index in [1.165, 1.54) is 0 Å². The van der Waals surface area contributed by atoms with Crippen LogP contribution in [0.15, 0.2) is 18.2 Å². The summed E-state index contributed by atoms with van der Waals surface area (Å²) in [4.78, 5) is 0. The van der Waals surface area contributed by atoms with Crippen molar-refractivity contribution in [3.05, 3.63) is 33.8 Å². The lowest BCUT2D eigenvalue weighted by atomic mass is 10.0. The number of aliphatic hydroxyl groups excluding tert-OH is 1. The Bertz CT molecular complexity index is 344. The molecule has 0 amide bonds. The molecule has 1 aromatic carbocycles. The molecule has 1 atom stereocenters. The molecule has 0 bridgehead atoms. The minimum Gasteiger partial charge on any atom is -0.396 e. The van der Waals surface area contributed by atoms with Crippen molar-refractivity contribution < 1.29 is 5.11 Å². The third-order valence-corrected chi connectivity index (χ3v) is 3.75. The van der Waals surface area contributed by atoms with Crippen LogP contribution in [0.1, 0.15) is 25.3 Å². The molecule has 1 rings (SSSR count). The van der Waals surface area contributed by atoms with Crippen LogP contribution in [-0.2, 0) is 6.54 Å². The molecule has 0 saturated heterocycles. The topological polar surface area (TPSA) is 32.3 Å². The molecule has 17 heavy (non-hydrogen) atoms. The molecule has 1 aromatic rings. The van der Waals surface area contributed by atoms with Crippen LogP contribution in [0.25, 0.3) is 0 Å². The predicted molar refractivity (Wildman–Crippen MR) is 73.7 cm³/mol. The average Bonchev–Trinajstić information content (AvgIpc) is 2.33. The number of halogens is 2. The van der Waals surface area contributed by atoms with Gasteiger partial charge in [0.1, 0.15) is 0 Å². The van der Waals surface area contributed by atoms with Crippen molar-refractivity contribution in [3.63, 3.8) is 0 Å². The number of aliphatic hydroxyl groups is 1. The van der Waals surface area contributed by atoms with Gasteiger partial charge in [-0.2, -0.15) is 0 Å². The second-order valence-electron chi connectivity index (χ2n) is 4.13. The smallest absolute Gasteiger partial charge is 0.0637 e. The number of nitrogens with one attached hydrogen (secondary N) is 1. The third-order valence-electron chi connectivity index (χ3n) is 2.89. The molecule has 0 aromatic heterocycles. The highest BCUT2D eigenvalue weighted by Gasteiger charge is 2.07. The van der Waals surface area contributed by atoms with Crippen LogP contribution >= 0.6 is 23.2 Å². The quantitative estimate of drug-likeness (QED) is 0.799. The highest BCUT2D eigenvalue weighted by atomic mass is 35.5. The molecule has 0 aliphatic heterocycles. The van der Waals surface area contributed by atoms with E-state index in [1.54, 1.807) is 6.07 Å². The largest absolute Gasteiger partial charge is 0.396 e. The van der Waals surface area contributed by atoms with Gasteiger partial charge in [0.05, 0.1) is 10.0 Å². The Kier molecular flexibility index (Phi) is 6.90. The van der Waals surface area contributed by atoms with Crippen LogP contribution in [-0.4, -0.2) is 18.3 Å². The summed E-state index contributed by atoms with van der Waals surface area (Å²) in [6.45, 7) is 3.98. The van der Waals surface area contributed by atoms with E-state index in [1.807, 2.05) is 12.1 Å². The fourth-order valence-corrected chi connectivity index (χ4v) is 2.12. The van der Waals surface area contributed by atoms with Crippen molar-refractivity contribution in [1.29, 1.82) is 0 Å². The summed E-state index contributed by atoms with van der Waals surface area (Å²) < 4.78 is 0. The molecule has 4 heteroatoms. The van der Waals surface area contributed by atoms with Gasteiger partial charge < -0.3 is 10.4 Å². The first-order chi connectivity index (χ1) is 8.19. The molecule has 96 valence electrons. The van der Waals surface area contributed by atoms with E-state index in [-0.39, 0.29) is 6.61 Å². The van der Waals surface area contributed by atoms with Gasteiger partial charge in [-0.3, -0.25) is 0 Å². The zero-order valence-electron chi connectivity index (χ0n) is 10.0. The summed E-state index contributed by atoms with van der Waals surface area (Å²) in [5.74, 6) is 0.512. The Morgan fingerprint density at radius 3 is 2.76 bits per heavy atom. The summed E-state index contributed by atoms with van der Waals surface area (Å²) in [5.41, 5.74) is 1.01. The van der Waals surface area contributed by atoms with Crippen molar-refractivity contribution in [3.8, 4) is 0 Å². The van der Waals surface area contributed by atoms with Gasteiger partial charge in [0.15, 0.2) is 0 Å². The average molecular weight is 276 g/mol. The third kappa shape index (κ3) is 4.84. The highest BCUT2D eigenvalue weighted by molar-refractivity contribution is 6.42. The molecule has 0 fully saturated rings.